The lowest BCUT2D eigenvalue weighted by Gasteiger charge is -2.36. The second-order valence-electron chi connectivity index (χ2n) is 9.86. The number of fused-ring (bicyclic) bond motifs is 1. The Kier molecular flexibility index (Phi) is 9.46. The van der Waals surface area contributed by atoms with Crippen LogP contribution in [0.2, 0.25) is 0 Å². The van der Waals surface area contributed by atoms with Crippen LogP contribution in [0.4, 0.5) is 4.39 Å². The SMILES string of the molecule is CCC1=C(C(=O)OC)C(c2ccc(OCc3ccccc3)c(OC)c2)N2C(CC(=O)NCc3ccc(F)cc3)=CSC2=N1. The Balaban J connectivity index is 1.43. The molecule has 1 unspecified atom stereocenters. The maximum Gasteiger partial charge on any atom is 0.338 e. The van der Waals surface area contributed by atoms with E-state index in [0.29, 0.717) is 46.7 Å². The molecule has 3 aromatic rings. The van der Waals surface area contributed by atoms with Crippen LogP contribution >= 0.6 is 11.8 Å². The third kappa shape index (κ3) is 6.75. The van der Waals surface area contributed by atoms with Gasteiger partial charge in [0.25, 0.3) is 0 Å². The molecule has 1 N–H and O–H groups in total. The summed E-state index contributed by atoms with van der Waals surface area (Å²) < 4.78 is 30.3. The minimum absolute atomic E-state index is 0.0506. The Morgan fingerprint density at radius 2 is 1.77 bits per heavy atom. The van der Waals surface area contributed by atoms with E-state index < -0.39 is 12.0 Å². The molecule has 0 saturated heterocycles. The van der Waals surface area contributed by atoms with Crippen molar-refractivity contribution in [2.24, 2.45) is 4.99 Å². The lowest BCUT2D eigenvalue weighted by Crippen LogP contribution is -2.38. The second kappa shape index (κ2) is 13.6. The highest BCUT2D eigenvalue weighted by atomic mass is 32.2. The first-order valence-corrected chi connectivity index (χ1v) is 14.7. The Bertz CT molecular complexity index is 1590. The van der Waals surface area contributed by atoms with Crippen molar-refractivity contribution in [3.63, 3.8) is 0 Å². The number of hydrogen-bond acceptors (Lipinski definition) is 8. The number of nitrogens with one attached hydrogen (secondary N) is 1. The Morgan fingerprint density at radius 1 is 1.00 bits per heavy atom. The van der Waals surface area contributed by atoms with E-state index in [-0.39, 0.29) is 24.7 Å². The Hall–Kier alpha value is -4.57. The largest absolute Gasteiger partial charge is 0.493 e. The smallest absolute Gasteiger partial charge is 0.338 e. The zero-order chi connectivity index (χ0) is 30.3. The topological polar surface area (TPSA) is 89.5 Å². The number of carbonyl (C=O) groups is 2. The summed E-state index contributed by atoms with van der Waals surface area (Å²) in [6, 6.07) is 20.8. The minimum Gasteiger partial charge on any atom is -0.493 e. The Labute approximate surface area is 254 Å². The fourth-order valence-corrected chi connectivity index (χ4v) is 5.90. The fourth-order valence-electron chi connectivity index (χ4n) is 4.97. The number of thioether (sulfide) groups is 1. The van der Waals surface area contributed by atoms with Gasteiger partial charge in [-0.25, -0.2) is 14.2 Å². The van der Waals surface area contributed by atoms with Crippen LogP contribution in [0.1, 0.15) is 42.5 Å². The summed E-state index contributed by atoms with van der Waals surface area (Å²) in [5.41, 5.74) is 4.26. The van der Waals surface area contributed by atoms with Gasteiger partial charge in [0.2, 0.25) is 5.91 Å². The van der Waals surface area contributed by atoms with Gasteiger partial charge in [0.15, 0.2) is 16.7 Å². The number of halogens is 1. The number of allylic oxidation sites excluding steroid dienone is 1. The van der Waals surface area contributed by atoms with E-state index >= 15 is 0 Å². The maximum absolute atomic E-state index is 13.3. The molecule has 43 heavy (non-hydrogen) atoms. The van der Waals surface area contributed by atoms with Gasteiger partial charge in [-0.2, -0.15) is 0 Å². The van der Waals surface area contributed by atoms with Crippen LogP contribution in [-0.2, 0) is 27.5 Å². The third-order valence-corrected chi connectivity index (χ3v) is 8.00. The van der Waals surface area contributed by atoms with Crippen LogP contribution in [0, 0.1) is 5.82 Å². The van der Waals surface area contributed by atoms with Gasteiger partial charge in [-0.3, -0.25) is 4.79 Å². The normalized spacial score (nSPS) is 15.8. The third-order valence-electron chi connectivity index (χ3n) is 7.11. The molecule has 0 radical (unpaired) electrons. The zero-order valence-corrected chi connectivity index (χ0v) is 24.9. The molecule has 0 saturated carbocycles. The molecule has 8 nitrogen and oxygen atoms in total. The van der Waals surface area contributed by atoms with Crippen LogP contribution in [0.3, 0.4) is 0 Å². The van der Waals surface area contributed by atoms with Crippen LogP contribution in [0.15, 0.2) is 100 Å². The van der Waals surface area contributed by atoms with E-state index in [1.54, 1.807) is 19.2 Å². The summed E-state index contributed by atoms with van der Waals surface area (Å²) >= 11 is 1.40. The summed E-state index contributed by atoms with van der Waals surface area (Å²) in [5.74, 6) is 0.0212. The number of amidine groups is 1. The molecule has 2 aliphatic rings. The number of amides is 1. The highest BCUT2D eigenvalue weighted by Gasteiger charge is 2.41. The van der Waals surface area contributed by atoms with Crippen molar-refractivity contribution >= 4 is 28.8 Å². The van der Waals surface area contributed by atoms with E-state index in [1.807, 2.05) is 65.8 Å². The number of nitrogens with zero attached hydrogens (tertiary/aromatic N) is 2. The van der Waals surface area contributed by atoms with E-state index in [4.69, 9.17) is 19.2 Å². The summed E-state index contributed by atoms with van der Waals surface area (Å²) in [6.07, 6.45) is 0.566. The van der Waals surface area contributed by atoms with Gasteiger partial charge in [-0.15, -0.1) is 0 Å². The zero-order valence-electron chi connectivity index (χ0n) is 24.1. The molecule has 1 amide bonds. The molecule has 0 spiro atoms. The number of aliphatic imine (C=N–C) groups is 1. The molecule has 2 aliphatic heterocycles. The number of ether oxygens (including phenoxy) is 3. The first-order valence-electron chi connectivity index (χ1n) is 13.8. The summed E-state index contributed by atoms with van der Waals surface area (Å²) in [6.45, 7) is 2.57. The van der Waals surface area contributed by atoms with Crippen LogP contribution in [-0.4, -0.2) is 36.2 Å². The molecule has 3 aromatic carbocycles. The highest BCUT2D eigenvalue weighted by molar-refractivity contribution is 8.16. The molecule has 0 aliphatic carbocycles. The summed E-state index contributed by atoms with van der Waals surface area (Å²) in [5, 5.41) is 5.44. The summed E-state index contributed by atoms with van der Waals surface area (Å²) in [4.78, 5) is 33.0. The molecular formula is C33H32FN3O5S. The molecule has 5 rings (SSSR count). The standard InChI is InChI=1S/C33H32FN3O5S/c1-4-26-30(32(39)41-3)31(23-12-15-27(28(16-23)40-2)42-19-22-8-6-5-7-9-22)37-25(20-43-33(37)36-26)17-29(38)35-18-21-10-13-24(34)14-11-21/h5-16,20,31H,4,17-19H2,1-3H3,(H,35,38). The predicted molar refractivity (Wildman–Crippen MR) is 164 cm³/mol. The maximum atomic E-state index is 13.3. The molecule has 0 aromatic heterocycles. The van der Waals surface area contributed by atoms with Crippen LogP contribution in [0.5, 0.6) is 11.5 Å². The predicted octanol–water partition coefficient (Wildman–Crippen LogP) is 6.26. The van der Waals surface area contributed by atoms with Crippen molar-refractivity contribution in [3.05, 3.63) is 118 Å². The lowest BCUT2D eigenvalue weighted by molar-refractivity contribution is -0.136. The van der Waals surface area contributed by atoms with Crippen molar-refractivity contribution in [1.29, 1.82) is 0 Å². The second-order valence-corrected chi connectivity index (χ2v) is 10.7. The molecule has 0 bridgehead atoms. The van der Waals surface area contributed by atoms with Crippen LogP contribution in [0.25, 0.3) is 0 Å². The molecular weight excluding hydrogens is 569 g/mol. The number of hydrogen-bond donors (Lipinski definition) is 1. The van der Waals surface area contributed by atoms with Crippen molar-refractivity contribution in [3.8, 4) is 11.5 Å². The molecule has 222 valence electrons. The van der Waals surface area contributed by atoms with Gasteiger partial charge in [0.1, 0.15) is 12.4 Å². The number of rotatable bonds is 11. The molecule has 2 heterocycles. The Morgan fingerprint density at radius 3 is 2.47 bits per heavy atom. The molecule has 1 atom stereocenters. The van der Waals surface area contributed by atoms with Gasteiger partial charge in [-0.1, -0.05) is 67.2 Å². The van der Waals surface area contributed by atoms with Gasteiger partial charge < -0.3 is 24.4 Å². The van der Waals surface area contributed by atoms with Crippen molar-refractivity contribution < 1.29 is 28.2 Å². The number of carbonyl (C=O) groups excluding carboxylic acids is 2. The molecule has 0 fully saturated rings. The fraction of sp³-hybridized carbons (Fsp3) is 0.242. The quantitative estimate of drug-likeness (QED) is 0.260. The van der Waals surface area contributed by atoms with Gasteiger partial charge in [0.05, 0.1) is 38.0 Å². The van der Waals surface area contributed by atoms with Gasteiger partial charge in [-0.05, 0) is 52.8 Å². The summed E-state index contributed by atoms with van der Waals surface area (Å²) in [7, 11) is 2.91. The van der Waals surface area contributed by atoms with E-state index in [9.17, 15) is 14.0 Å². The van der Waals surface area contributed by atoms with Crippen molar-refractivity contribution in [2.75, 3.05) is 14.2 Å². The van der Waals surface area contributed by atoms with Crippen molar-refractivity contribution in [1.82, 2.24) is 10.2 Å². The number of methoxy groups -OCH3 is 2. The average Bonchev–Trinajstić information content (AvgIpc) is 3.44. The van der Waals surface area contributed by atoms with Crippen LogP contribution < -0.4 is 14.8 Å². The first-order chi connectivity index (χ1) is 20.9. The van der Waals surface area contributed by atoms with Crippen molar-refractivity contribution in [2.45, 2.75) is 39.0 Å². The highest BCUT2D eigenvalue weighted by Crippen LogP contribution is 2.46. The molecule has 10 heteroatoms. The van der Waals surface area contributed by atoms with E-state index in [2.05, 4.69) is 5.32 Å². The average molecular weight is 602 g/mol. The van der Waals surface area contributed by atoms with Gasteiger partial charge >= 0.3 is 5.97 Å². The van der Waals surface area contributed by atoms with Gasteiger partial charge in [0, 0.05) is 12.2 Å². The monoisotopic (exact) mass is 601 g/mol. The number of benzene rings is 3. The van der Waals surface area contributed by atoms with E-state index in [0.717, 1.165) is 16.7 Å². The lowest BCUT2D eigenvalue weighted by atomic mass is 9.92. The number of esters is 1. The first kappa shape index (κ1) is 29.9. The minimum atomic E-state index is -0.613. The van der Waals surface area contributed by atoms with E-state index in [1.165, 1.54) is 31.0 Å².